The number of fused-ring (bicyclic) bond motifs is 1. The maximum absolute atomic E-state index is 13.1. The fourth-order valence-electron chi connectivity index (χ4n) is 3.99. The topological polar surface area (TPSA) is 76.7 Å². The molecule has 0 fully saturated rings. The summed E-state index contributed by atoms with van der Waals surface area (Å²) in [5.74, 6) is 0.624. The number of ether oxygens (including phenoxy) is 2. The lowest BCUT2D eigenvalue weighted by Gasteiger charge is -2.14. The second kappa shape index (κ2) is 11.0. The minimum Gasteiger partial charge on any atom is -0.493 e. The Morgan fingerprint density at radius 1 is 0.970 bits per heavy atom. The monoisotopic (exact) mass is 464 g/mol. The number of rotatable bonds is 9. The highest BCUT2D eigenvalue weighted by atomic mass is 32.1. The molecule has 172 valence electrons. The van der Waals surface area contributed by atoms with E-state index in [1.165, 1.54) is 21.8 Å². The van der Waals surface area contributed by atoms with Gasteiger partial charge in [-0.15, -0.1) is 11.3 Å². The number of methoxy groups -OCH3 is 1. The highest BCUT2D eigenvalue weighted by Crippen LogP contribution is 2.38. The van der Waals surface area contributed by atoms with Crippen molar-refractivity contribution in [2.75, 3.05) is 25.6 Å². The smallest absolute Gasteiger partial charge is 0.262 e. The van der Waals surface area contributed by atoms with Gasteiger partial charge in [0.1, 0.15) is 5.00 Å². The highest BCUT2D eigenvalue weighted by Gasteiger charge is 2.26. The summed E-state index contributed by atoms with van der Waals surface area (Å²) in [4.78, 5) is 27.0. The van der Waals surface area contributed by atoms with Crippen LogP contribution in [0, 0.1) is 0 Å². The predicted molar refractivity (Wildman–Crippen MR) is 131 cm³/mol. The van der Waals surface area contributed by atoms with Crippen LogP contribution in [0.25, 0.3) is 0 Å². The number of nitrogens with one attached hydrogen (secondary N) is 2. The van der Waals surface area contributed by atoms with E-state index >= 15 is 0 Å². The zero-order chi connectivity index (χ0) is 23.0. The molecule has 1 heterocycles. The SMILES string of the molecule is COc1ccccc1OCC(=O)Nc1sc2c(c1C(=O)NCCc1ccccc1)CCCC2. The summed E-state index contributed by atoms with van der Waals surface area (Å²) in [6, 6.07) is 17.2. The van der Waals surface area contributed by atoms with Crippen LogP contribution in [-0.4, -0.2) is 32.1 Å². The zero-order valence-electron chi connectivity index (χ0n) is 18.7. The number of anilines is 1. The van der Waals surface area contributed by atoms with Crippen LogP contribution in [0.15, 0.2) is 54.6 Å². The van der Waals surface area contributed by atoms with Gasteiger partial charge in [-0.1, -0.05) is 42.5 Å². The molecule has 0 saturated heterocycles. The Kier molecular flexibility index (Phi) is 7.62. The maximum Gasteiger partial charge on any atom is 0.262 e. The lowest BCUT2D eigenvalue weighted by Crippen LogP contribution is -2.28. The predicted octanol–water partition coefficient (Wildman–Crippen LogP) is 4.63. The first-order valence-electron chi connectivity index (χ1n) is 11.2. The molecule has 0 radical (unpaired) electrons. The fraction of sp³-hybridized carbons (Fsp3) is 0.308. The van der Waals surface area contributed by atoms with E-state index in [4.69, 9.17) is 9.47 Å². The van der Waals surface area contributed by atoms with Gasteiger partial charge in [-0.25, -0.2) is 0 Å². The minimum absolute atomic E-state index is 0.133. The van der Waals surface area contributed by atoms with Gasteiger partial charge >= 0.3 is 0 Å². The average molecular weight is 465 g/mol. The first-order valence-corrected chi connectivity index (χ1v) is 12.0. The molecule has 0 unspecified atom stereocenters. The Morgan fingerprint density at radius 2 is 1.70 bits per heavy atom. The molecule has 2 aromatic carbocycles. The number of benzene rings is 2. The molecule has 0 spiro atoms. The molecular weight excluding hydrogens is 436 g/mol. The number of para-hydroxylation sites is 2. The molecule has 3 aromatic rings. The zero-order valence-corrected chi connectivity index (χ0v) is 19.5. The Labute approximate surface area is 197 Å². The van der Waals surface area contributed by atoms with Crippen molar-refractivity contribution >= 4 is 28.2 Å². The van der Waals surface area contributed by atoms with Gasteiger partial charge in [0.25, 0.3) is 11.8 Å². The van der Waals surface area contributed by atoms with Crippen LogP contribution in [-0.2, 0) is 24.1 Å². The van der Waals surface area contributed by atoms with Crippen LogP contribution in [0.4, 0.5) is 5.00 Å². The molecule has 4 rings (SSSR count). The molecule has 7 heteroatoms. The van der Waals surface area contributed by atoms with E-state index in [2.05, 4.69) is 10.6 Å². The van der Waals surface area contributed by atoms with E-state index < -0.39 is 0 Å². The summed E-state index contributed by atoms with van der Waals surface area (Å²) >= 11 is 1.50. The summed E-state index contributed by atoms with van der Waals surface area (Å²) < 4.78 is 10.9. The van der Waals surface area contributed by atoms with Crippen molar-refractivity contribution in [1.29, 1.82) is 0 Å². The number of thiophene rings is 1. The molecule has 1 aliphatic rings. The third kappa shape index (κ3) is 5.73. The summed E-state index contributed by atoms with van der Waals surface area (Å²) in [5.41, 5.74) is 2.85. The number of carbonyl (C=O) groups is 2. The van der Waals surface area contributed by atoms with E-state index in [1.807, 2.05) is 42.5 Å². The maximum atomic E-state index is 13.1. The minimum atomic E-state index is -0.308. The second-order valence-electron chi connectivity index (χ2n) is 7.89. The number of aryl methyl sites for hydroxylation is 1. The number of hydrogen-bond donors (Lipinski definition) is 2. The molecule has 0 atom stereocenters. The van der Waals surface area contributed by atoms with Crippen molar-refractivity contribution in [2.45, 2.75) is 32.1 Å². The van der Waals surface area contributed by atoms with E-state index in [0.29, 0.717) is 28.6 Å². The van der Waals surface area contributed by atoms with Crippen LogP contribution in [0.3, 0.4) is 0 Å². The Morgan fingerprint density at radius 3 is 2.48 bits per heavy atom. The third-order valence-electron chi connectivity index (χ3n) is 5.62. The normalized spacial score (nSPS) is 12.5. The molecule has 0 saturated carbocycles. The molecular formula is C26H28N2O4S. The summed E-state index contributed by atoms with van der Waals surface area (Å²) in [7, 11) is 1.56. The van der Waals surface area contributed by atoms with Gasteiger partial charge in [-0.3, -0.25) is 9.59 Å². The number of carbonyl (C=O) groups excluding carboxylic acids is 2. The van der Waals surface area contributed by atoms with Gasteiger partial charge in [0, 0.05) is 11.4 Å². The van der Waals surface area contributed by atoms with Crippen LogP contribution in [0.2, 0.25) is 0 Å². The Bertz CT molecular complexity index is 1110. The molecule has 33 heavy (non-hydrogen) atoms. The van der Waals surface area contributed by atoms with E-state index in [-0.39, 0.29) is 18.4 Å². The van der Waals surface area contributed by atoms with E-state index in [9.17, 15) is 9.59 Å². The Hall–Kier alpha value is -3.32. The first kappa shape index (κ1) is 22.9. The van der Waals surface area contributed by atoms with Crippen molar-refractivity contribution in [2.24, 2.45) is 0 Å². The van der Waals surface area contributed by atoms with Crippen molar-refractivity contribution in [3.63, 3.8) is 0 Å². The lowest BCUT2D eigenvalue weighted by molar-refractivity contribution is -0.118. The van der Waals surface area contributed by atoms with Crippen molar-refractivity contribution in [3.05, 3.63) is 76.2 Å². The number of amides is 2. The Balaban J connectivity index is 1.43. The second-order valence-corrected chi connectivity index (χ2v) is 9.00. The van der Waals surface area contributed by atoms with Crippen LogP contribution in [0.5, 0.6) is 11.5 Å². The highest BCUT2D eigenvalue weighted by molar-refractivity contribution is 7.17. The molecule has 0 aliphatic heterocycles. The molecule has 6 nitrogen and oxygen atoms in total. The molecule has 0 bridgehead atoms. The fourth-order valence-corrected chi connectivity index (χ4v) is 5.29. The number of hydrogen-bond acceptors (Lipinski definition) is 5. The van der Waals surface area contributed by atoms with Crippen molar-refractivity contribution in [1.82, 2.24) is 5.32 Å². The summed E-state index contributed by atoms with van der Waals surface area (Å²) in [6.07, 6.45) is 4.72. The quantitative estimate of drug-likeness (QED) is 0.484. The van der Waals surface area contributed by atoms with Crippen LogP contribution < -0.4 is 20.1 Å². The van der Waals surface area contributed by atoms with Gasteiger partial charge in [0.2, 0.25) is 0 Å². The summed E-state index contributed by atoms with van der Waals surface area (Å²) in [6.45, 7) is 0.371. The lowest BCUT2D eigenvalue weighted by atomic mass is 9.95. The third-order valence-corrected chi connectivity index (χ3v) is 6.83. The van der Waals surface area contributed by atoms with Crippen LogP contribution in [0.1, 0.15) is 39.2 Å². The van der Waals surface area contributed by atoms with Gasteiger partial charge in [-0.2, -0.15) is 0 Å². The largest absolute Gasteiger partial charge is 0.493 e. The molecule has 1 aliphatic carbocycles. The van der Waals surface area contributed by atoms with Crippen LogP contribution >= 0.6 is 11.3 Å². The molecule has 2 amide bonds. The average Bonchev–Trinajstić information content (AvgIpc) is 3.21. The molecule has 1 aromatic heterocycles. The van der Waals surface area contributed by atoms with Gasteiger partial charge in [0.15, 0.2) is 18.1 Å². The standard InChI is InChI=1S/C26H28N2O4S/c1-31-20-12-6-7-13-21(20)32-17-23(29)28-26-24(19-11-5-8-14-22(19)33-26)25(30)27-16-15-18-9-3-2-4-10-18/h2-4,6-7,9-10,12-13H,5,8,11,14-17H2,1H3,(H,27,30)(H,28,29). The van der Waals surface area contributed by atoms with Crippen molar-refractivity contribution in [3.8, 4) is 11.5 Å². The van der Waals surface area contributed by atoms with Gasteiger partial charge in [0.05, 0.1) is 12.7 Å². The van der Waals surface area contributed by atoms with Gasteiger partial charge < -0.3 is 20.1 Å². The summed E-state index contributed by atoms with van der Waals surface area (Å²) in [5, 5.41) is 6.56. The van der Waals surface area contributed by atoms with E-state index in [0.717, 1.165) is 37.7 Å². The van der Waals surface area contributed by atoms with Gasteiger partial charge in [-0.05, 0) is 55.4 Å². The van der Waals surface area contributed by atoms with E-state index in [1.54, 1.807) is 19.2 Å². The first-order chi connectivity index (χ1) is 16.2. The van der Waals surface area contributed by atoms with Crippen molar-refractivity contribution < 1.29 is 19.1 Å². The molecule has 2 N–H and O–H groups in total.